The summed E-state index contributed by atoms with van der Waals surface area (Å²) < 4.78 is 69.7. The maximum atomic E-state index is 15.1. The number of alkyl halides is 4. The zero-order valence-electron chi connectivity index (χ0n) is 19.2. The van der Waals surface area contributed by atoms with Gasteiger partial charge in [0.2, 0.25) is 0 Å². The van der Waals surface area contributed by atoms with Gasteiger partial charge in [0.05, 0.1) is 30.9 Å². The van der Waals surface area contributed by atoms with E-state index in [4.69, 9.17) is 14.5 Å². The minimum Gasteiger partial charge on any atom is -0.405 e. The fraction of sp³-hybridized carbons (Fsp3) is 0.385. The van der Waals surface area contributed by atoms with E-state index in [9.17, 15) is 13.2 Å². The second kappa shape index (κ2) is 9.82. The molecule has 5 rings (SSSR count). The van der Waals surface area contributed by atoms with Crippen molar-refractivity contribution < 1.29 is 31.6 Å². The summed E-state index contributed by atoms with van der Waals surface area (Å²) in [6, 6.07) is 14.8. The van der Waals surface area contributed by atoms with Gasteiger partial charge in [0.15, 0.2) is 0 Å². The number of piperidine rings is 1. The lowest BCUT2D eigenvalue weighted by atomic mass is 10.0. The first-order valence-electron chi connectivity index (χ1n) is 11.7. The number of halogens is 4. The van der Waals surface area contributed by atoms with E-state index in [1.807, 2.05) is 4.90 Å². The van der Waals surface area contributed by atoms with E-state index in [1.54, 1.807) is 30.3 Å². The maximum Gasteiger partial charge on any atom is 0.573 e. The molecule has 0 radical (unpaired) electrons. The average Bonchev–Trinajstić information content (AvgIpc) is 3.62. The van der Waals surface area contributed by atoms with E-state index < -0.39 is 18.6 Å². The highest BCUT2D eigenvalue weighted by atomic mass is 19.4. The Balaban J connectivity index is 1.31. The molecule has 2 fully saturated rings. The van der Waals surface area contributed by atoms with Crippen LogP contribution in [0, 0.1) is 11.3 Å². The Labute approximate surface area is 205 Å². The third-order valence-corrected chi connectivity index (χ3v) is 6.42. The number of para-hydroxylation sites is 1. The third kappa shape index (κ3) is 5.31. The summed E-state index contributed by atoms with van der Waals surface area (Å²) in [5, 5.41) is 13.0. The number of ether oxygens (including phenoxy) is 2. The topological polar surface area (TPSA) is 71.5 Å². The van der Waals surface area contributed by atoms with E-state index in [1.165, 1.54) is 18.2 Å². The normalized spacial score (nSPS) is 20.2. The van der Waals surface area contributed by atoms with Crippen molar-refractivity contribution in [3.8, 4) is 23.1 Å². The van der Waals surface area contributed by atoms with E-state index in [-0.39, 0.29) is 36.1 Å². The zero-order chi connectivity index (χ0) is 25.3. The van der Waals surface area contributed by atoms with Crippen molar-refractivity contribution in [1.29, 1.82) is 5.26 Å². The van der Waals surface area contributed by atoms with Crippen molar-refractivity contribution in [1.82, 2.24) is 5.16 Å². The Bertz CT molecular complexity index is 1250. The molecule has 1 aromatic heterocycles. The minimum absolute atomic E-state index is 0.0348. The van der Waals surface area contributed by atoms with Gasteiger partial charge in [-0.05, 0) is 55.7 Å². The van der Waals surface area contributed by atoms with Gasteiger partial charge in [-0.25, -0.2) is 4.39 Å². The Kier molecular flexibility index (Phi) is 6.58. The van der Waals surface area contributed by atoms with Crippen LogP contribution in [-0.2, 0) is 11.3 Å². The number of rotatable bonds is 7. The molecular weight excluding hydrogens is 478 g/mol. The number of aromatic nitrogens is 1. The van der Waals surface area contributed by atoms with Gasteiger partial charge < -0.3 is 18.9 Å². The molecule has 0 N–H and O–H groups in total. The van der Waals surface area contributed by atoms with Crippen molar-refractivity contribution in [3.63, 3.8) is 0 Å². The summed E-state index contributed by atoms with van der Waals surface area (Å²) in [7, 11) is 0. The van der Waals surface area contributed by atoms with Gasteiger partial charge in [-0.2, -0.15) is 5.26 Å². The van der Waals surface area contributed by atoms with Crippen LogP contribution in [0.25, 0.3) is 11.3 Å². The molecule has 2 aromatic carbocycles. The molecule has 10 heteroatoms. The molecule has 1 aliphatic carbocycles. The van der Waals surface area contributed by atoms with Crippen LogP contribution in [0.5, 0.6) is 5.75 Å². The molecule has 2 heterocycles. The van der Waals surface area contributed by atoms with E-state index >= 15 is 4.39 Å². The van der Waals surface area contributed by atoms with Crippen molar-refractivity contribution in [2.45, 2.75) is 50.4 Å². The van der Waals surface area contributed by atoms with Crippen molar-refractivity contribution in [2.75, 3.05) is 18.0 Å². The second-order valence-electron chi connectivity index (χ2n) is 8.95. The van der Waals surface area contributed by atoms with Crippen molar-refractivity contribution in [2.24, 2.45) is 0 Å². The summed E-state index contributed by atoms with van der Waals surface area (Å²) in [4.78, 5) is 1.90. The largest absolute Gasteiger partial charge is 0.573 e. The highest BCUT2D eigenvalue weighted by Crippen LogP contribution is 2.45. The summed E-state index contributed by atoms with van der Waals surface area (Å²) in [5.41, 5.74) is 2.23. The SMILES string of the molecule is N#Cc1ccc(N2CC[C@@H](OCc3c(-c4ccccc4OC(F)(F)F)noc3C3CC3)[C@H](F)C2)cc1. The number of benzene rings is 2. The Morgan fingerprint density at radius 3 is 2.50 bits per heavy atom. The Morgan fingerprint density at radius 2 is 1.83 bits per heavy atom. The average molecular weight is 501 g/mol. The Hall–Kier alpha value is -3.58. The number of anilines is 1. The molecule has 0 amide bonds. The lowest BCUT2D eigenvalue weighted by molar-refractivity contribution is -0.274. The maximum absolute atomic E-state index is 15.1. The molecule has 1 saturated heterocycles. The van der Waals surface area contributed by atoms with Crippen LogP contribution in [-0.4, -0.2) is 36.9 Å². The van der Waals surface area contributed by atoms with E-state index in [2.05, 4.69) is 16.0 Å². The van der Waals surface area contributed by atoms with Gasteiger partial charge in [0, 0.05) is 29.3 Å². The third-order valence-electron chi connectivity index (χ3n) is 6.42. The fourth-order valence-corrected chi connectivity index (χ4v) is 4.46. The molecule has 1 saturated carbocycles. The second-order valence-corrected chi connectivity index (χ2v) is 8.95. The summed E-state index contributed by atoms with van der Waals surface area (Å²) in [6.45, 7) is 0.656. The number of hydrogen-bond acceptors (Lipinski definition) is 6. The Morgan fingerprint density at radius 1 is 1.08 bits per heavy atom. The molecule has 6 nitrogen and oxygen atoms in total. The van der Waals surface area contributed by atoms with Crippen LogP contribution in [0.15, 0.2) is 53.1 Å². The fourth-order valence-electron chi connectivity index (χ4n) is 4.46. The van der Waals surface area contributed by atoms with Gasteiger partial charge in [-0.1, -0.05) is 17.3 Å². The first kappa shape index (κ1) is 24.1. The smallest absolute Gasteiger partial charge is 0.405 e. The van der Waals surface area contributed by atoms with Gasteiger partial charge in [-0.3, -0.25) is 0 Å². The molecule has 1 aliphatic heterocycles. The molecule has 0 unspecified atom stereocenters. The van der Waals surface area contributed by atoms with Gasteiger partial charge in [0.1, 0.15) is 23.4 Å². The van der Waals surface area contributed by atoms with Crippen LogP contribution < -0.4 is 9.64 Å². The van der Waals surface area contributed by atoms with Crippen LogP contribution >= 0.6 is 0 Å². The lowest BCUT2D eigenvalue weighted by Gasteiger charge is -2.36. The predicted molar refractivity (Wildman–Crippen MR) is 122 cm³/mol. The quantitative estimate of drug-likeness (QED) is 0.363. The number of nitriles is 1. The van der Waals surface area contributed by atoms with E-state index in [0.29, 0.717) is 29.9 Å². The summed E-state index contributed by atoms with van der Waals surface area (Å²) in [6.07, 6.45) is -4.62. The van der Waals surface area contributed by atoms with Crippen LogP contribution in [0.1, 0.15) is 42.1 Å². The van der Waals surface area contributed by atoms with Crippen LogP contribution in [0.4, 0.5) is 23.2 Å². The molecule has 0 spiro atoms. The first-order chi connectivity index (χ1) is 17.3. The summed E-state index contributed by atoms with van der Waals surface area (Å²) >= 11 is 0. The van der Waals surface area contributed by atoms with E-state index in [0.717, 1.165) is 18.5 Å². The predicted octanol–water partition coefficient (Wildman–Crippen LogP) is 6.12. The molecule has 3 aromatic rings. The monoisotopic (exact) mass is 501 g/mol. The highest BCUT2D eigenvalue weighted by molar-refractivity contribution is 5.70. The van der Waals surface area contributed by atoms with Crippen LogP contribution in [0.3, 0.4) is 0 Å². The molecular formula is C26H23F4N3O3. The molecule has 36 heavy (non-hydrogen) atoms. The highest BCUT2D eigenvalue weighted by Gasteiger charge is 2.37. The molecule has 188 valence electrons. The van der Waals surface area contributed by atoms with Gasteiger partial charge in [0.25, 0.3) is 0 Å². The molecule has 2 aliphatic rings. The first-order valence-corrected chi connectivity index (χ1v) is 11.7. The standard InChI is InChI=1S/C26H23F4N3O3/c27-21-14-33(18-9-5-16(13-31)6-10-18)12-11-23(21)34-15-20-24(32-36-25(20)17-7-8-17)19-3-1-2-4-22(19)35-26(28,29)30/h1-6,9-10,17,21,23H,7-8,11-12,14-15H2/t21-,23-/m1/s1. The number of nitrogens with zero attached hydrogens (tertiary/aromatic N) is 3. The molecule has 2 atom stereocenters. The lowest BCUT2D eigenvalue weighted by Crippen LogP contribution is -2.45. The molecule has 0 bridgehead atoms. The van der Waals surface area contributed by atoms with Gasteiger partial charge in [-0.15, -0.1) is 13.2 Å². The summed E-state index contributed by atoms with van der Waals surface area (Å²) in [5.74, 6) is 0.304. The van der Waals surface area contributed by atoms with Crippen molar-refractivity contribution >= 4 is 5.69 Å². The minimum atomic E-state index is -4.86. The zero-order valence-corrected chi connectivity index (χ0v) is 19.2. The number of hydrogen-bond donors (Lipinski definition) is 0. The van der Waals surface area contributed by atoms with Crippen molar-refractivity contribution in [3.05, 3.63) is 65.4 Å². The van der Waals surface area contributed by atoms with Gasteiger partial charge >= 0.3 is 6.36 Å². The van der Waals surface area contributed by atoms with Crippen LogP contribution in [0.2, 0.25) is 0 Å².